The van der Waals surface area contributed by atoms with Gasteiger partial charge in [-0.15, -0.1) is 0 Å². The summed E-state index contributed by atoms with van der Waals surface area (Å²) in [5, 5.41) is 5.62. The van der Waals surface area contributed by atoms with Crippen LogP contribution in [0.15, 0.2) is 41.1 Å². The molecule has 2 aromatic heterocycles. The molecule has 3 rings (SSSR count). The van der Waals surface area contributed by atoms with E-state index in [1.165, 1.54) is 12.8 Å². The zero-order valence-corrected chi connectivity index (χ0v) is 11.7. The summed E-state index contributed by atoms with van der Waals surface area (Å²) < 4.78 is 5.18. The van der Waals surface area contributed by atoms with Crippen molar-refractivity contribution in [2.45, 2.75) is 19.4 Å². The Bertz CT molecular complexity index is 591. The molecule has 0 bridgehead atoms. The summed E-state index contributed by atoms with van der Waals surface area (Å²) in [5.41, 5.74) is 0.733. The molecular formula is C15H18N4O2. The third-order valence-corrected chi connectivity index (χ3v) is 3.44. The summed E-state index contributed by atoms with van der Waals surface area (Å²) in [6.07, 6.45) is 5.67. The number of anilines is 2. The standard InChI is InChI=1S/C15H18N4O2/c20-15(17-11-12-5-4-10-21-12)18-13-6-3-7-16-14(13)19-8-1-2-9-19/h3-7,10H,1-2,8-9,11H2,(H2,17,18,20). The molecule has 6 heteroatoms. The van der Waals surface area contributed by atoms with E-state index >= 15 is 0 Å². The van der Waals surface area contributed by atoms with Gasteiger partial charge in [-0.05, 0) is 37.1 Å². The van der Waals surface area contributed by atoms with Gasteiger partial charge < -0.3 is 20.0 Å². The van der Waals surface area contributed by atoms with E-state index in [9.17, 15) is 4.79 Å². The van der Waals surface area contributed by atoms with E-state index in [0.717, 1.165) is 30.4 Å². The van der Waals surface area contributed by atoms with Gasteiger partial charge in [-0.1, -0.05) is 0 Å². The van der Waals surface area contributed by atoms with Crippen LogP contribution in [0, 0.1) is 0 Å². The van der Waals surface area contributed by atoms with Crippen molar-refractivity contribution in [1.82, 2.24) is 10.3 Å². The Hall–Kier alpha value is -2.50. The number of rotatable bonds is 4. The average Bonchev–Trinajstić information content (AvgIpc) is 3.19. The molecule has 21 heavy (non-hydrogen) atoms. The van der Waals surface area contributed by atoms with Crippen LogP contribution in [0.25, 0.3) is 0 Å². The first-order valence-corrected chi connectivity index (χ1v) is 7.10. The number of carbonyl (C=O) groups excluding carboxylic acids is 1. The first-order chi connectivity index (χ1) is 10.3. The Morgan fingerprint density at radius 3 is 2.90 bits per heavy atom. The molecule has 1 aliphatic heterocycles. The number of urea groups is 1. The molecule has 0 spiro atoms. The molecule has 0 aliphatic carbocycles. The summed E-state index contributed by atoms with van der Waals surface area (Å²) in [6, 6.07) is 7.04. The zero-order valence-electron chi connectivity index (χ0n) is 11.7. The highest BCUT2D eigenvalue weighted by Gasteiger charge is 2.17. The molecule has 1 aliphatic rings. The lowest BCUT2D eigenvalue weighted by Gasteiger charge is -2.20. The van der Waals surface area contributed by atoms with E-state index in [2.05, 4.69) is 20.5 Å². The summed E-state index contributed by atoms with van der Waals surface area (Å²) >= 11 is 0. The van der Waals surface area contributed by atoms with E-state index in [0.29, 0.717) is 6.54 Å². The van der Waals surface area contributed by atoms with Crippen LogP contribution in [0.1, 0.15) is 18.6 Å². The molecule has 3 heterocycles. The lowest BCUT2D eigenvalue weighted by Crippen LogP contribution is -2.29. The number of nitrogens with zero attached hydrogens (tertiary/aromatic N) is 2. The predicted molar refractivity (Wildman–Crippen MR) is 80.3 cm³/mol. The molecule has 0 atom stereocenters. The maximum Gasteiger partial charge on any atom is 0.319 e. The maximum atomic E-state index is 12.0. The summed E-state index contributed by atoms with van der Waals surface area (Å²) in [7, 11) is 0. The van der Waals surface area contributed by atoms with Crippen molar-refractivity contribution >= 4 is 17.5 Å². The lowest BCUT2D eigenvalue weighted by atomic mass is 10.3. The van der Waals surface area contributed by atoms with Crippen LogP contribution in [0.3, 0.4) is 0 Å². The van der Waals surface area contributed by atoms with E-state index in [4.69, 9.17) is 4.42 Å². The van der Waals surface area contributed by atoms with Gasteiger partial charge in [-0.2, -0.15) is 0 Å². The third-order valence-electron chi connectivity index (χ3n) is 3.44. The lowest BCUT2D eigenvalue weighted by molar-refractivity contribution is 0.251. The van der Waals surface area contributed by atoms with Gasteiger partial charge in [0.15, 0.2) is 5.82 Å². The molecule has 0 unspecified atom stereocenters. The largest absolute Gasteiger partial charge is 0.467 e. The van der Waals surface area contributed by atoms with Gasteiger partial charge in [0.05, 0.1) is 18.5 Å². The highest BCUT2D eigenvalue weighted by Crippen LogP contribution is 2.25. The Morgan fingerprint density at radius 1 is 1.29 bits per heavy atom. The van der Waals surface area contributed by atoms with Gasteiger partial charge in [0, 0.05) is 19.3 Å². The summed E-state index contributed by atoms with van der Waals surface area (Å²) in [4.78, 5) is 18.5. The average molecular weight is 286 g/mol. The van der Waals surface area contributed by atoms with Crippen molar-refractivity contribution < 1.29 is 9.21 Å². The van der Waals surface area contributed by atoms with Crippen LogP contribution in [0.5, 0.6) is 0 Å². The van der Waals surface area contributed by atoms with Crippen molar-refractivity contribution in [3.63, 3.8) is 0 Å². The van der Waals surface area contributed by atoms with Crippen molar-refractivity contribution in [3.05, 3.63) is 42.5 Å². The second-order valence-electron chi connectivity index (χ2n) is 4.96. The fourth-order valence-electron chi connectivity index (χ4n) is 2.42. The van der Waals surface area contributed by atoms with Gasteiger partial charge in [-0.25, -0.2) is 9.78 Å². The number of hydrogen-bond donors (Lipinski definition) is 2. The van der Waals surface area contributed by atoms with Crippen molar-refractivity contribution in [3.8, 4) is 0 Å². The fraction of sp³-hybridized carbons (Fsp3) is 0.333. The topological polar surface area (TPSA) is 70.4 Å². The van der Waals surface area contributed by atoms with Crippen LogP contribution >= 0.6 is 0 Å². The Labute approximate surface area is 123 Å². The molecule has 0 saturated carbocycles. The quantitative estimate of drug-likeness (QED) is 0.906. The van der Waals surface area contributed by atoms with E-state index in [-0.39, 0.29) is 6.03 Å². The van der Waals surface area contributed by atoms with E-state index in [1.807, 2.05) is 18.2 Å². The number of nitrogens with one attached hydrogen (secondary N) is 2. The Kier molecular flexibility index (Phi) is 4.04. The Morgan fingerprint density at radius 2 is 2.14 bits per heavy atom. The van der Waals surface area contributed by atoms with E-state index in [1.54, 1.807) is 18.5 Å². The maximum absolute atomic E-state index is 12.0. The minimum atomic E-state index is -0.264. The van der Waals surface area contributed by atoms with Gasteiger partial charge >= 0.3 is 6.03 Å². The van der Waals surface area contributed by atoms with Gasteiger partial charge in [0.1, 0.15) is 5.76 Å². The number of aromatic nitrogens is 1. The molecule has 1 saturated heterocycles. The molecule has 110 valence electrons. The second kappa shape index (κ2) is 6.30. The van der Waals surface area contributed by atoms with Crippen LogP contribution in [0.2, 0.25) is 0 Å². The van der Waals surface area contributed by atoms with Crippen molar-refractivity contribution in [1.29, 1.82) is 0 Å². The van der Waals surface area contributed by atoms with E-state index < -0.39 is 0 Å². The monoisotopic (exact) mass is 286 g/mol. The normalized spacial score (nSPS) is 14.2. The highest BCUT2D eigenvalue weighted by molar-refractivity contribution is 5.92. The summed E-state index contributed by atoms with van der Waals surface area (Å²) in [5.74, 6) is 1.55. The van der Waals surface area contributed by atoms with Gasteiger partial charge in [0.2, 0.25) is 0 Å². The summed E-state index contributed by atoms with van der Waals surface area (Å²) in [6.45, 7) is 2.33. The number of pyridine rings is 1. The van der Waals surface area contributed by atoms with Crippen LogP contribution < -0.4 is 15.5 Å². The molecule has 6 nitrogen and oxygen atoms in total. The predicted octanol–water partition coefficient (Wildman–Crippen LogP) is 2.60. The van der Waals surface area contributed by atoms with Crippen molar-refractivity contribution in [2.24, 2.45) is 0 Å². The van der Waals surface area contributed by atoms with Crippen molar-refractivity contribution in [2.75, 3.05) is 23.3 Å². The molecule has 2 aromatic rings. The SMILES string of the molecule is O=C(NCc1ccco1)Nc1cccnc1N1CCCC1. The second-order valence-corrected chi connectivity index (χ2v) is 4.96. The molecule has 2 amide bonds. The molecule has 0 radical (unpaired) electrons. The van der Waals surface area contributed by atoms with Crippen LogP contribution in [-0.4, -0.2) is 24.1 Å². The smallest absolute Gasteiger partial charge is 0.319 e. The molecular weight excluding hydrogens is 268 g/mol. The molecule has 2 N–H and O–H groups in total. The molecule has 1 fully saturated rings. The first-order valence-electron chi connectivity index (χ1n) is 7.10. The number of amides is 2. The first kappa shape index (κ1) is 13.5. The zero-order chi connectivity index (χ0) is 14.5. The third kappa shape index (κ3) is 3.34. The molecule has 0 aromatic carbocycles. The minimum Gasteiger partial charge on any atom is -0.467 e. The van der Waals surface area contributed by atoms with Crippen LogP contribution in [-0.2, 0) is 6.54 Å². The number of hydrogen-bond acceptors (Lipinski definition) is 4. The fourth-order valence-corrected chi connectivity index (χ4v) is 2.42. The number of furan rings is 1. The van der Waals surface area contributed by atoms with Gasteiger partial charge in [-0.3, -0.25) is 0 Å². The van der Waals surface area contributed by atoms with Crippen LogP contribution in [0.4, 0.5) is 16.3 Å². The minimum absolute atomic E-state index is 0.264. The Balaban J connectivity index is 1.62. The number of carbonyl (C=O) groups is 1. The highest BCUT2D eigenvalue weighted by atomic mass is 16.3. The van der Waals surface area contributed by atoms with Gasteiger partial charge in [0.25, 0.3) is 0 Å².